The number of nitriles is 1. The predicted octanol–water partition coefficient (Wildman–Crippen LogP) is 2.94. The Bertz CT molecular complexity index is 592. The number of nitrogens with one attached hydrogen (secondary N) is 1. The van der Waals surface area contributed by atoms with E-state index in [1.54, 1.807) is 37.5 Å². The lowest BCUT2D eigenvalue weighted by atomic mass is 10.2. The summed E-state index contributed by atoms with van der Waals surface area (Å²) >= 11 is 3.32. The van der Waals surface area contributed by atoms with Crippen molar-refractivity contribution >= 4 is 21.9 Å². The third kappa shape index (κ3) is 2.76. The number of ether oxygens (including phenoxy) is 1. The number of anilines is 1. The van der Waals surface area contributed by atoms with Gasteiger partial charge in [0.05, 0.1) is 22.3 Å². The molecule has 5 nitrogen and oxygen atoms in total. The van der Waals surface area contributed by atoms with Gasteiger partial charge >= 0.3 is 0 Å². The van der Waals surface area contributed by atoms with Crippen molar-refractivity contribution in [3.05, 3.63) is 40.5 Å². The molecule has 1 heterocycles. The second-order valence-electron chi connectivity index (χ2n) is 3.33. The maximum atomic E-state index is 8.70. The molecule has 0 saturated carbocycles. The number of aromatic nitrogens is 2. The quantitative estimate of drug-likeness (QED) is 0.944. The molecule has 90 valence electrons. The maximum Gasteiger partial charge on any atom is 0.238 e. The fourth-order valence-corrected chi connectivity index (χ4v) is 1.52. The fraction of sp³-hybridized carbons (Fsp3) is 0.0833. The Morgan fingerprint density at radius 1 is 1.33 bits per heavy atom. The molecule has 0 fully saturated rings. The third-order valence-electron chi connectivity index (χ3n) is 2.13. The minimum Gasteiger partial charge on any atom is -0.438 e. The Morgan fingerprint density at radius 2 is 2.06 bits per heavy atom. The summed E-state index contributed by atoms with van der Waals surface area (Å²) in [6, 6.07) is 8.84. The van der Waals surface area contributed by atoms with Crippen LogP contribution < -0.4 is 10.1 Å². The molecule has 0 atom stereocenters. The van der Waals surface area contributed by atoms with Gasteiger partial charge in [0.15, 0.2) is 0 Å². The Labute approximate surface area is 113 Å². The van der Waals surface area contributed by atoms with Gasteiger partial charge in [-0.1, -0.05) is 0 Å². The van der Waals surface area contributed by atoms with E-state index in [1.165, 1.54) is 0 Å². The molecule has 0 saturated heterocycles. The van der Waals surface area contributed by atoms with Crippen LogP contribution in [0.25, 0.3) is 0 Å². The van der Waals surface area contributed by atoms with E-state index in [0.29, 0.717) is 27.6 Å². The van der Waals surface area contributed by atoms with Gasteiger partial charge in [-0.25, -0.2) is 4.98 Å². The van der Waals surface area contributed by atoms with Crippen molar-refractivity contribution in [3.8, 4) is 17.7 Å². The maximum absolute atomic E-state index is 8.70. The first kappa shape index (κ1) is 12.3. The largest absolute Gasteiger partial charge is 0.438 e. The van der Waals surface area contributed by atoms with Crippen LogP contribution in [0.1, 0.15) is 5.56 Å². The van der Waals surface area contributed by atoms with Gasteiger partial charge in [0, 0.05) is 7.05 Å². The Balaban J connectivity index is 2.25. The summed E-state index contributed by atoms with van der Waals surface area (Å²) in [6.07, 6.45) is 1.61. The van der Waals surface area contributed by atoms with Crippen molar-refractivity contribution in [2.45, 2.75) is 0 Å². The average Bonchev–Trinajstić information content (AvgIpc) is 2.42. The molecular weight excluding hydrogens is 296 g/mol. The average molecular weight is 305 g/mol. The molecule has 0 aliphatic heterocycles. The molecule has 0 bridgehead atoms. The van der Waals surface area contributed by atoms with Gasteiger partial charge in [-0.15, -0.1) is 0 Å². The predicted molar refractivity (Wildman–Crippen MR) is 70.5 cm³/mol. The molecule has 0 unspecified atom stereocenters. The number of halogens is 1. The Hall–Kier alpha value is -2.13. The summed E-state index contributed by atoms with van der Waals surface area (Å²) < 4.78 is 6.26. The second kappa shape index (κ2) is 5.47. The molecule has 1 aromatic heterocycles. The van der Waals surface area contributed by atoms with Crippen LogP contribution in [0.4, 0.5) is 5.95 Å². The lowest BCUT2D eigenvalue weighted by molar-refractivity contribution is 0.459. The molecule has 2 aromatic rings. The van der Waals surface area contributed by atoms with Gasteiger partial charge in [0.2, 0.25) is 11.8 Å². The third-order valence-corrected chi connectivity index (χ3v) is 2.68. The lowest BCUT2D eigenvalue weighted by Gasteiger charge is -2.07. The van der Waals surface area contributed by atoms with Crippen LogP contribution in [-0.2, 0) is 0 Å². The van der Waals surface area contributed by atoms with E-state index in [1.807, 2.05) is 6.07 Å². The Kier molecular flexibility index (Phi) is 3.75. The lowest BCUT2D eigenvalue weighted by Crippen LogP contribution is -1.98. The van der Waals surface area contributed by atoms with E-state index in [0.717, 1.165) is 0 Å². The summed E-state index contributed by atoms with van der Waals surface area (Å²) in [5, 5.41) is 11.5. The van der Waals surface area contributed by atoms with Gasteiger partial charge in [0.1, 0.15) is 5.75 Å². The van der Waals surface area contributed by atoms with Crippen LogP contribution in [0.15, 0.2) is 34.9 Å². The highest BCUT2D eigenvalue weighted by atomic mass is 79.9. The molecule has 18 heavy (non-hydrogen) atoms. The van der Waals surface area contributed by atoms with Gasteiger partial charge in [-0.2, -0.15) is 10.2 Å². The first-order valence-electron chi connectivity index (χ1n) is 5.11. The van der Waals surface area contributed by atoms with Crippen molar-refractivity contribution < 1.29 is 4.74 Å². The van der Waals surface area contributed by atoms with E-state index < -0.39 is 0 Å². The van der Waals surface area contributed by atoms with Gasteiger partial charge in [0.25, 0.3) is 0 Å². The zero-order chi connectivity index (χ0) is 13.0. The van der Waals surface area contributed by atoms with E-state index in [9.17, 15) is 0 Å². The first-order valence-corrected chi connectivity index (χ1v) is 5.90. The molecule has 2 rings (SSSR count). The minimum atomic E-state index is 0.416. The van der Waals surface area contributed by atoms with Crippen molar-refractivity contribution in [2.24, 2.45) is 0 Å². The highest BCUT2D eigenvalue weighted by Gasteiger charge is 2.06. The Morgan fingerprint density at radius 3 is 2.67 bits per heavy atom. The number of hydrogen-bond acceptors (Lipinski definition) is 5. The van der Waals surface area contributed by atoms with Crippen molar-refractivity contribution in [3.63, 3.8) is 0 Å². The molecule has 6 heteroatoms. The first-order chi connectivity index (χ1) is 8.72. The molecule has 1 N–H and O–H groups in total. The molecular formula is C12H9BrN4O. The summed E-state index contributed by atoms with van der Waals surface area (Å²) in [6.45, 7) is 0. The van der Waals surface area contributed by atoms with E-state index in [2.05, 4.69) is 31.2 Å². The summed E-state index contributed by atoms with van der Waals surface area (Å²) in [7, 11) is 1.73. The number of hydrogen-bond donors (Lipinski definition) is 1. The van der Waals surface area contributed by atoms with E-state index >= 15 is 0 Å². The van der Waals surface area contributed by atoms with Gasteiger partial charge < -0.3 is 10.1 Å². The highest BCUT2D eigenvalue weighted by molar-refractivity contribution is 9.10. The monoisotopic (exact) mass is 304 g/mol. The fourth-order valence-electron chi connectivity index (χ4n) is 1.25. The standard InChI is InChI=1S/C12H9BrN4O/c1-15-12-16-7-10(13)11(17-12)18-9-4-2-8(6-14)3-5-9/h2-5,7H,1H3,(H,15,16,17). The molecule has 0 spiro atoms. The summed E-state index contributed by atoms with van der Waals surface area (Å²) in [5.41, 5.74) is 0.583. The van der Waals surface area contributed by atoms with Crippen molar-refractivity contribution in [2.75, 3.05) is 12.4 Å². The molecule has 0 radical (unpaired) electrons. The van der Waals surface area contributed by atoms with Crippen LogP contribution >= 0.6 is 15.9 Å². The van der Waals surface area contributed by atoms with Crippen LogP contribution in [0, 0.1) is 11.3 Å². The molecule has 1 aromatic carbocycles. The topological polar surface area (TPSA) is 70.8 Å². The number of rotatable bonds is 3. The highest BCUT2D eigenvalue weighted by Crippen LogP contribution is 2.27. The van der Waals surface area contributed by atoms with Gasteiger partial charge in [-0.3, -0.25) is 0 Å². The second-order valence-corrected chi connectivity index (χ2v) is 4.19. The van der Waals surface area contributed by atoms with Crippen LogP contribution in [-0.4, -0.2) is 17.0 Å². The molecule has 0 aliphatic rings. The molecule has 0 amide bonds. The number of nitrogens with zero attached hydrogens (tertiary/aromatic N) is 3. The van der Waals surface area contributed by atoms with Crippen LogP contribution in [0.3, 0.4) is 0 Å². The smallest absolute Gasteiger partial charge is 0.238 e. The number of benzene rings is 1. The zero-order valence-corrected chi connectivity index (χ0v) is 11.1. The zero-order valence-electron chi connectivity index (χ0n) is 9.51. The SMILES string of the molecule is CNc1ncc(Br)c(Oc2ccc(C#N)cc2)n1. The van der Waals surface area contributed by atoms with Crippen LogP contribution in [0.5, 0.6) is 11.6 Å². The normalized spacial score (nSPS) is 9.61. The summed E-state index contributed by atoms with van der Waals surface area (Å²) in [5.74, 6) is 1.50. The van der Waals surface area contributed by atoms with Crippen molar-refractivity contribution in [1.82, 2.24) is 9.97 Å². The molecule has 0 aliphatic carbocycles. The minimum absolute atomic E-state index is 0.416. The summed E-state index contributed by atoms with van der Waals surface area (Å²) in [4.78, 5) is 8.21. The van der Waals surface area contributed by atoms with Gasteiger partial charge in [-0.05, 0) is 40.2 Å². The van der Waals surface area contributed by atoms with Crippen molar-refractivity contribution in [1.29, 1.82) is 5.26 Å². The van der Waals surface area contributed by atoms with Crippen LogP contribution in [0.2, 0.25) is 0 Å². The van der Waals surface area contributed by atoms with E-state index in [4.69, 9.17) is 10.00 Å². The van der Waals surface area contributed by atoms with E-state index in [-0.39, 0.29) is 0 Å².